The van der Waals surface area contributed by atoms with Crippen LogP contribution < -0.4 is 5.32 Å². The molecule has 2 heterocycles. The fraction of sp³-hybridized carbons (Fsp3) is 0.500. The fourth-order valence-corrected chi connectivity index (χ4v) is 2.66. The number of nitrogens with zero attached hydrogens (tertiary/aromatic N) is 2. The molecule has 2 unspecified atom stereocenters. The minimum absolute atomic E-state index is 0.296. The topological polar surface area (TPSA) is 37.3 Å². The molecule has 0 fully saturated rings. The van der Waals surface area contributed by atoms with Crippen LogP contribution >= 0.6 is 11.8 Å². The molecule has 0 aromatic carbocycles. The third-order valence-corrected chi connectivity index (χ3v) is 4.00. The second-order valence-electron chi connectivity index (χ2n) is 3.94. The molecular formula is C12H17N3S. The molecule has 1 aliphatic rings. The van der Waals surface area contributed by atoms with Gasteiger partial charge in [-0.1, -0.05) is 18.7 Å². The van der Waals surface area contributed by atoms with Crippen molar-refractivity contribution in [1.82, 2.24) is 10.3 Å². The van der Waals surface area contributed by atoms with E-state index in [0.717, 1.165) is 11.7 Å². The van der Waals surface area contributed by atoms with E-state index in [9.17, 15) is 0 Å². The number of hydrogen-bond acceptors (Lipinski definition) is 4. The highest BCUT2D eigenvalue weighted by Gasteiger charge is 2.19. The van der Waals surface area contributed by atoms with E-state index < -0.39 is 0 Å². The molecule has 16 heavy (non-hydrogen) atoms. The largest absolute Gasteiger partial charge is 0.358 e. The second kappa shape index (κ2) is 5.34. The fourth-order valence-electron chi connectivity index (χ4n) is 1.63. The van der Waals surface area contributed by atoms with Crippen molar-refractivity contribution in [3.63, 3.8) is 0 Å². The second-order valence-corrected chi connectivity index (χ2v) is 5.23. The average molecular weight is 235 g/mol. The molecule has 0 spiro atoms. The number of aromatic nitrogens is 1. The Morgan fingerprint density at radius 2 is 2.25 bits per heavy atom. The zero-order chi connectivity index (χ0) is 11.4. The number of thioether (sulfide) groups is 1. The lowest BCUT2D eigenvalue weighted by Crippen LogP contribution is -2.23. The van der Waals surface area contributed by atoms with Gasteiger partial charge in [-0.2, -0.15) is 0 Å². The van der Waals surface area contributed by atoms with E-state index in [-0.39, 0.29) is 0 Å². The maximum Gasteiger partial charge on any atom is 0.157 e. The van der Waals surface area contributed by atoms with Gasteiger partial charge in [-0.05, 0) is 31.0 Å². The summed E-state index contributed by atoms with van der Waals surface area (Å²) in [5.41, 5.74) is 1.25. The van der Waals surface area contributed by atoms with Gasteiger partial charge in [0, 0.05) is 17.6 Å². The Kier molecular flexibility index (Phi) is 3.83. The van der Waals surface area contributed by atoms with E-state index >= 15 is 0 Å². The molecule has 1 aliphatic heterocycles. The van der Waals surface area contributed by atoms with Crippen LogP contribution in [0.25, 0.3) is 0 Å². The van der Waals surface area contributed by atoms with Crippen molar-refractivity contribution in [2.24, 2.45) is 4.99 Å². The van der Waals surface area contributed by atoms with E-state index in [1.807, 2.05) is 36.3 Å². The zero-order valence-electron chi connectivity index (χ0n) is 9.68. The van der Waals surface area contributed by atoms with E-state index in [1.54, 1.807) is 0 Å². The van der Waals surface area contributed by atoms with Crippen LogP contribution in [0.2, 0.25) is 0 Å². The average Bonchev–Trinajstić information content (AvgIpc) is 2.78. The maximum atomic E-state index is 4.51. The van der Waals surface area contributed by atoms with Crippen LogP contribution in [0, 0.1) is 0 Å². The predicted octanol–water partition coefficient (Wildman–Crippen LogP) is 2.61. The molecule has 0 saturated heterocycles. The van der Waals surface area contributed by atoms with Crippen LogP contribution in [0.4, 0.5) is 0 Å². The van der Waals surface area contributed by atoms with Crippen LogP contribution in [0.15, 0.2) is 29.5 Å². The summed E-state index contributed by atoms with van der Waals surface area (Å²) in [5, 5.41) is 5.18. The summed E-state index contributed by atoms with van der Waals surface area (Å²) in [5.74, 6) is 0. The summed E-state index contributed by atoms with van der Waals surface area (Å²) in [6.45, 7) is 5.31. The van der Waals surface area contributed by atoms with Gasteiger partial charge in [0.1, 0.15) is 0 Å². The first kappa shape index (κ1) is 11.5. The summed E-state index contributed by atoms with van der Waals surface area (Å²) in [7, 11) is 0. The third-order valence-electron chi connectivity index (χ3n) is 2.72. The highest BCUT2D eigenvalue weighted by atomic mass is 32.2. The van der Waals surface area contributed by atoms with Crippen LogP contribution in [0.3, 0.4) is 0 Å². The summed E-state index contributed by atoms with van der Waals surface area (Å²) in [4.78, 5) is 8.53. The number of rotatable bonds is 3. The lowest BCUT2D eigenvalue weighted by Gasteiger charge is -2.15. The van der Waals surface area contributed by atoms with Crippen molar-refractivity contribution < 1.29 is 0 Å². The molecule has 0 radical (unpaired) electrons. The Balaban J connectivity index is 1.91. The van der Waals surface area contributed by atoms with E-state index in [0.29, 0.717) is 11.3 Å². The minimum atomic E-state index is 0.296. The normalized spacial score (nSPS) is 21.6. The van der Waals surface area contributed by atoms with Crippen LogP contribution in [0.5, 0.6) is 0 Å². The lowest BCUT2D eigenvalue weighted by molar-refractivity contribution is 0.721. The Bertz CT molecular complexity index is 364. The molecule has 0 aliphatic carbocycles. The van der Waals surface area contributed by atoms with Crippen molar-refractivity contribution >= 4 is 16.9 Å². The highest BCUT2D eigenvalue weighted by molar-refractivity contribution is 8.14. The minimum Gasteiger partial charge on any atom is -0.358 e. The Labute approximate surface area is 101 Å². The van der Waals surface area contributed by atoms with Crippen molar-refractivity contribution in [3.05, 3.63) is 30.1 Å². The highest BCUT2D eigenvalue weighted by Crippen LogP contribution is 2.24. The maximum absolute atomic E-state index is 4.51. The zero-order valence-corrected chi connectivity index (χ0v) is 10.5. The predicted molar refractivity (Wildman–Crippen MR) is 69.8 cm³/mol. The van der Waals surface area contributed by atoms with Gasteiger partial charge in [0.25, 0.3) is 0 Å². The first-order valence-electron chi connectivity index (χ1n) is 5.67. The smallest absolute Gasteiger partial charge is 0.157 e. The Morgan fingerprint density at radius 1 is 1.50 bits per heavy atom. The number of pyridine rings is 1. The summed E-state index contributed by atoms with van der Waals surface area (Å²) in [6, 6.07) is 4.37. The standard InChI is InChI=1S/C12H17N3S/c1-3-11-8-14-12(16-11)15-9(2)10-4-6-13-7-5-10/h4-7,9,11H,3,8H2,1-2H3,(H,14,15). The molecule has 1 aromatic rings. The molecular weight excluding hydrogens is 218 g/mol. The summed E-state index contributed by atoms with van der Waals surface area (Å²) < 4.78 is 0. The van der Waals surface area contributed by atoms with E-state index in [4.69, 9.17) is 0 Å². The van der Waals surface area contributed by atoms with Crippen LogP contribution in [0.1, 0.15) is 31.9 Å². The molecule has 1 N–H and O–H groups in total. The van der Waals surface area contributed by atoms with Gasteiger partial charge in [0.2, 0.25) is 0 Å². The number of amidine groups is 1. The SMILES string of the molecule is CCC1CN=C(NC(C)c2ccncc2)S1. The van der Waals surface area contributed by atoms with Gasteiger partial charge in [0.15, 0.2) is 5.17 Å². The third kappa shape index (κ3) is 2.76. The quantitative estimate of drug-likeness (QED) is 0.875. The van der Waals surface area contributed by atoms with Gasteiger partial charge >= 0.3 is 0 Å². The summed E-state index contributed by atoms with van der Waals surface area (Å²) in [6.07, 6.45) is 4.83. The molecule has 0 bridgehead atoms. The number of aliphatic imine (C=N–C) groups is 1. The van der Waals surface area contributed by atoms with Gasteiger partial charge in [-0.25, -0.2) is 0 Å². The molecule has 2 rings (SSSR count). The number of hydrogen-bond donors (Lipinski definition) is 1. The molecule has 3 nitrogen and oxygen atoms in total. The molecule has 1 aromatic heterocycles. The lowest BCUT2D eigenvalue weighted by atomic mass is 10.1. The monoisotopic (exact) mass is 235 g/mol. The molecule has 0 saturated carbocycles. The van der Waals surface area contributed by atoms with Gasteiger partial charge < -0.3 is 5.32 Å². The number of nitrogens with one attached hydrogen (secondary N) is 1. The molecule has 4 heteroatoms. The van der Waals surface area contributed by atoms with E-state index in [2.05, 4.69) is 29.1 Å². The van der Waals surface area contributed by atoms with Crippen molar-refractivity contribution in [3.8, 4) is 0 Å². The van der Waals surface area contributed by atoms with Crippen molar-refractivity contribution in [2.75, 3.05) is 6.54 Å². The van der Waals surface area contributed by atoms with Crippen molar-refractivity contribution in [1.29, 1.82) is 0 Å². The Morgan fingerprint density at radius 3 is 2.88 bits per heavy atom. The first-order chi connectivity index (χ1) is 7.79. The van der Waals surface area contributed by atoms with Crippen molar-refractivity contribution in [2.45, 2.75) is 31.6 Å². The Hall–Kier alpha value is -1.03. The van der Waals surface area contributed by atoms with E-state index in [1.165, 1.54) is 12.0 Å². The molecule has 2 atom stereocenters. The van der Waals surface area contributed by atoms with Crippen LogP contribution in [-0.4, -0.2) is 21.9 Å². The molecule has 0 amide bonds. The van der Waals surface area contributed by atoms with Gasteiger partial charge in [0.05, 0.1) is 12.6 Å². The summed E-state index contributed by atoms with van der Waals surface area (Å²) >= 11 is 1.86. The van der Waals surface area contributed by atoms with Gasteiger partial charge in [-0.3, -0.25) is 9.98 Å². The first-order valence-corrected chi connectivity index (χ1v) is 6.55. The molecule has 86 valence electrons. The van der Waals surface area contributed by atoms with Gasteiger partial charge in [-0.15, -0.1) is 0 Å². The van der Waals surface area contributed by atoms with Crippen LogP contribution in [-0.2, 0) is 0 Å².